The molecular formula is C16H11ClN6OS. The highest BCUT2D eigenvalue weighted by molar-refractivity contribution is 7.19. The van der Waals surface area contributed by atoms with Gasteiger partial charge in [0.25, 0.3) is 5.91 Å². The molecule has 0 fully saturated rings. The van der Waals surface area contributed by atoms with E-state index in [-0.39, 0.29) is 11.1 Å². The van der Waals surface area contributed by atoms with Crippen LogP contribution in [0.2, 0.25) is 5.15 Å². The Morgan fingerprint density at radius 2 is 2.04 bits per heavy atom. The van der Waals surface area contributed by atoms with Gasteiger partial charge in [-0.3, -0.25) is 4.79 Å². The number of aromatic nitrogens is 5. The first kappa shape index (κ1) is 15.7. The molecule has 9 heteroatoms. The molecule has 0 bridgehead atoms. The van der Waals surface area contributed by atoms with E-state index in [0.717, 1.165) is 10.6 Å². The van der Waals surface area contributed by atoms with Gasteiger partial charge in [0.05, 0.1) is 11.3 Å². The minimum absolute atomic E-state index is 0.159. The maximum Gasteiger partial charge on any atom is 0.258 e. The molecule has 0 saturated heterocycles. The predicted molar refractivity (Wildman–Crippen MR) is 96.0 cm³/mol. The number of carbonyl (C=O) groups is 1. The van der Waals surface area contributed by atoms with Crippen LogP contribution < -0.4 is 5.32 Å². The van der Waals surface area contributed by atoms with E-state index in [1.807, 2.05) is 31.2 Å². The van der Waals surface area contributed by atoms with Crippen molar-refractivity contribution in [1.82, 2.24) is 24.8 Å². The Balaban J connectivity index is 1.72. The summed E-state index contributed by atoms with van der Waals surface area (Å²) in [4.78, 5) is 17.1. The van der Waals surface area contributed by atoms with E-state index in [0.29, 0.717) is 22.0 Å². The molecule has 0 saturated carbocycles. The Bertz CT molecular complexity index is 1090. The number of aryl methyl sites for hydroxylation is 1. The predicted octanol–water partition coefficient (Wildman–Crippen LogP) is 3.46. The van der Waals surface area contributed by atoms with Crippen LogP contribution in [-0.2, 0) is 0 Å². The lowest BCUT2D eigenvalue weighted by Crippen LogP contribution is -2.13. The molecular weight excluding hydrogens is 360 g/mol. The van der Waals surface area contributed by atoms with Gasteiger partial charge in [-0.1, -0.05) is 35.1 Å². The van der Waals surface area contributed by atoms with Crippen molar-refractivity contribution in [2.45, 2.75) is 6.92 Å². The molecule has 3 aromatic heterocycles. The Kier molecular flexibility index (Phi) is 3.90. The van der Waals surface area contributed by atoms with Crippen molar-refractivity contribution in [1.29, 1.82) is 0 Å². The van der Waals surface area contributed by atoms with Crippen molar-refractivity contribution in [3.05, 3.63) is 59.1 Å². The van der Waals surface area contributed by atoms with E-state index in [4.69, 9.17) is 11.6 Å². The number of benzene rings is 1. The van der Waals surface area contributed by atoms with Gasteiger partial charge in [-0.15, -0.1) is 10.2 Å². The summed E-state index contributed by atoms with van der Waals surface area (Å²) in [5.41, 5.74) is 1.74. The topological polar surface area (TPSA) is 85.1 Å². The molecule has 0 atom stereocenters. The fourth-order valence-corrected chi connectivity index (χ4v) is 3.48. The number of halogens is 1. The number of anilines is 1. The number of hydrogen-bond acceptors (Lipinski definition) is 6. The van der Waals surface area contributed by atoms with E-state index in [9.17, 15) is 4.79 Å². The van der Waals surface area contributed by atoms with Crippen LogP contribution in [0, 0.1) is 6.92 Å². The largest absolute Gasteiger partial charge is 0.321 e. The van der Waals surface area contributed by atoms with Gasteiger partial charge in [0.2, 0.25) is 4.96 Å². The van der Waals surface area contributed by atoms with E-state index >= 15 is 0 Å². The molecule has 0 radical (unpaired) electrons. The number of amides is 1. The molecule has 1 N–H and O–H groups in total. The van der Waals surface area contributed by atoms with Crippen LogP contribution >= 0.6 is 22.9 Å². The molecule has 4 rings (SSSR count). The molecule has 1 aromatic carbocycles. The summed E-state index contributed by atoms with van der Waals surface area (Å²) in [6.07, 6.45) is 1.54. The Morgan fingerprint density at radius 3 is 2.84 bits per heavy atom. The lowest BCUT2D eigenvalue weighted by Gasteiger charge is -2.09. The highest BCUT2D eigenvalue weighted by Crippen LogP contribution is 2.31. The number of fused-ring (bicyclic) bond motifs is 1. The monoisotopic (exact) mass is 370 g/mol. The van der Waals surface area contributed by atoms with Crippen LogP contribution in [-0.4, -0.2) is 30.7 Å². The van der Waals surface area contributed by atoms with Crippen LogP contribution in [0.25, 0.3) is 15.5 Å². The molecule has 0 aliphatic heterocycles. The zero-order chi connectivity index (χ0) is 17.4. The maximum absolute atomic E-state index is 12.5. The lowest BCUT2D eigenvalue weighted by atomic mass is 10.1. The maximum atomic E-state index is 12.5. The fraction of sp³-hybridized carbons (Fsp3) is 0.0625. The van der Waals surface area contributed by atoms with E-state index in [1.165, 1.54) is 17.5 Å². The molecule has 4 aromatic rings. The molecule has 25 heavy (non-hydrogen) atoms. The van der Waals surface area contributed by atoms with Gasteiger partial charge in [0, 0.05) is 11.8 Å². The van der Waals surface area contributed by atoms with Gasteiger partial charge in [-0.05, 0) is 31.2 Å². The van der Waals surface area contributed by atoms with Crippen molar-refractivity contribution in [2.24, 2.45) is 0 Å². The Labute approximate surface area is 151 Å². The SMILES string of the molecule is Cc1nnc2sc(-c3ccccc3NC(=O)c3cccnc3Cl)nn12. The zero-order valence-corrected chi connectivity index (χ0v) is 14.5. The second-order valence-corrected chi connectivity index (χ2v) is 6.50. The van der Waals surface area contributed by atoms with Crippen molar-refractivity contribution in [3.63, 3.8) is 0 Å². The summed E-state index contributed by atoms with van der Waals surface area (Å²) in [5, 5.41) is 16.3. The average Bonchev–Trinajstić information content (AvgIpc) is 3.18. The number of nitrogens with one attached hydrogen (secondary N) is 1. The summed E-state index contributed by atoms with van der Waals surface area (Å²) in [7, 11) is 0. The number of nitrogens with zero attached hydrogens (tertiary/aromatic N) is 5. The molecule has 0 aliphatic rings. The summed E-state index contributed by atoms with van der Waals surface area (Å²) in [5.74, 6) is 0.380. The van der Waals surface area contributed by atoms with E-state index < -0.39 is 0 Å². The highest BCUT2D eigenvalue weighted by atomic mass is 35.5. The third-order valence-corrected chi connectivity index (χ3v) is 4.79. The first-order valence-corrected chi connectivity index (χ1v) is 8.53. The average molecular weight is 371 g/mol. The van der Waals surface area contributed by atoms with E-state index in [1.54, 1.807) is 16.6 Å². The standard InChI is InChI=1S/C16H11ClN6OS/c1-9-20-21-16-23(9)22-15(25-16)10-5-2-3-7-12(10)19-14(24)11-6-4-8-18-13(11)17/h2-8H,1H3,(H,19,24). The normalized spacial score (nSPS) is 11.0. The van der Waals surface area contributed by atoms with Gasteiger partial charge in [0.1, 0.15) is 10.2 Å². The molecule has 7 nitrogen and oxygen atoms in total. The third-order valence-electron chi connectivity index (χ3n) is 3.56. The third kappa shape index (κ3) is 2.86. The molecule has 124 valence electrons. The highest BCUT2D eigenvalue weighted by Gasteiger charge is 2.16. The second-order valence-electron chi connectivity index (χ2n) is 5.19. The molecule has 3 heterocycles. The molecule has 0 aliphatic carbocycles. The van der Waals surface area contributed by atoms with Gasteiger partial charge in [-0.2, -0.15) is 9.61 Å². The number of para-hydroxylation sites is 1. The summed E-state index contributed by atoms with van der Waals surface area (Å²) >= 11 is 7.40. The molecule has 1 amide bonds. The van der Waals surface area contributed by atoms with Crippen LogP contribution in [0.5, 0.6) is 0 Å². The quantitative estimate of drug-likeness (QED) is 0.558. The summed E-state index contributed by atoms with van der Waals surface area (Å²) in [6, 6.07) is 10.7. The van der Waals surface area contributed by atoms with Crippen molar-refractivity contribution >= 4 is 39.5 Å². The first-order chi connectivity index (χ1) is 12.1. The van der Waals surface area contributed by atoms with Crippen LogP contribution in [0.4, 0.5) is 5.69 Å². The van der Waals surface area contributed by atoms with Crippen molar-refractivity contribution in [3.8, 4) is 10.6 Å². The smallest absolute Gasteiger partial charge is 0.258 e. The van der Waals surface area contributed by atoms with Crippen LogP contribution in [0.3, 0.4) is 0 Å². The van der Waals surface area contributed by atoms with Crippen LogP contribution in [0.1, 0.15) is 16.2 Å². The fourth-order valence-electron chi connectivity index (χ4n) is 2.35. The number of hydrogen-bond donors (Lipinski definition) is 1. The molecule has 0 spiro atoms. The van der Waals surface area contributed by atoms with Gasteiger partial charge >= 0.3 is 0 Å². The van der Waals surface area contributed by atoms with Gasteiger partial charge in [0.15, 0.2) is 5.82 Å². The van der Waals surface area contributed by atoms with Crippen LogP contribution in [0.15, 0.2) is 42.6 Å². The number of pyridine rings is 1. The zero-order valence-electron chi connectivity index (χ0n) is 13.0. The van der Waals surface area contributed by atoms with Crippen molar-refractivity contribution < 1.29 is 4.79 Å². The number of rotatable bonds is 3. The second kappa shape index (κ2) is 6.23. The minimum Gasteiger partial charge on any atom is -0.321 e. The minimum atomic E-state index is -0.329. The lowest BCUT2D eigenvalue weighted by molar-refractivity contribution is 0.102. The first-order valence-electron chi connectivity index (χ1n) is 7.33. The summed E-state index contributed by atoms with van der Waals surface area (Å²) < 4.78 is 1.68. The van der Waals surface area contributed by atoms with Gasteiger partial charge in [-0.25, -0.2) is 4.98 Å². The summed E-state index contributed by atoms with van der Waals surface area (Å²) in [6.45, 7) is 1.83. The Morgan fingerprint density at radius 1 is 1.20 bits per heavy atom. The molecule has 0 unspecified atom stereocenters. The van der Waals surface area contributed by atoms with Gasteiger partial charge < -0.3 is 5.32 Å². The van der Waals surface area contributed by atoms with E-state index in [2.05, 4.69) is 25.6 Å². The number of carbonyl (C=O) groups excluding carboxylic acids is 1. The van der Waals surface area contributed by atoms with Crippen molar-refractivity contribution in [2.75, 3.05) is 5.32 Å². The Hall–Kier alpha value is -2.84.